The molecule has 0 aliphatic heterocycles. The SMILES string of the molecule is O=C(O)COCC(=O)NC(=O)Nc1ccc(Cl)cc1Cl. The van der Waals surface area contributed by atoms with E-state index in [1.165, 1.54) is 18.2 Å². The summed E-state index contributed by atoms with van der Waals surface area (Å²) in [6.07, 6.45) is 0. The van der Waals surface area contributed by atoms with E-state index < -0.39 is 31.1 Å². The lowest BCUT2D eigenvalue weighted by Gasteiger charge is -2.08. The Labute approximate surface area is 123 Å². The number of carboxylic acid groups (broad SMARTS) is 1. The molecule has 0 spiro atoms. The molecule has 0 unspecified atom stereocenters. The topological polar surface area (TPSA) is 105 Å². The Kier molecular flexibility index (Phi) is 6.23. The summed E-state index contributed by atoms with van der Waals surface area (Å²) in [6.45, 7) is -1.17. The Balaban J connectivity index is 2.43. The molecule has 3 amide bonds. The number of nitrogens with one attached hydrogen (secondary N) is 2. The maximum Gasteiger partial charge on any atom is 0.329 e. The van der Waals surface area contributed by atoms with E-state index in [9.17, 15) is 14.4 Å². The first-order valence-electron chi connectivity index (χ1n) is 5.24. The third kappa shape index (κ3) is 5.87. The lowest BCUT2D eigenvalue weighted by atomic mass is 10.3. The van der Waals surface area contributed by atoms with Crippen LogP contribution >= 0.6 is 23.2 Å². The average molecular weight is 321 g/mol. The zero-order chi connectivity index (χ0) is 15.1. The van der Waals surface area contributed by atoms with E-state index in [-0.39, 0.29) is 10.7 Å². The third-order valence-electron chi connectivity index (χ3n) is 1.89. The van der Waals surface area contributed by atoms with Gasteiger partial charge in [0.1, 0.15) is 13.2 Å². The monoisotopic (exact) mass is 320 g/mol. The van der Waals surface area contributed by atoms with Crippen molar-refractivity contribution in [2.45, 2.75) is 0 Å². The van der Waals surface area contributed by atoms with Crippen molar-refractivity contribution >= 4 is 46.8 Å². The molecule has 3 N–H and O–H groups in total. The maximum absolute atomic E-state index is 11.5. The number of imide groups is 1. The fourth-order valence-electron chi connectivity index (χ4n) is 1.14. The first-order chi connectivity index (χ1) is 9.38. The highest BCUT2D eigenvalue weighted by Gasteiger charge is 2.10. The van der Waals surface area contributed by atoms with Crippen molar-refractivity contribution in [3.05, 3.63) is 28.2 Å². The van der Waals surface area contributed by atoms with E-state index >= 15 is 0 Å². The number of hydrogen-bond acceptors (Lipinski definition) is 4. The largest absolute Gasteiger partial charge is 0.480 e. The molecule has 9 heteroatoms. The van der Waals surface area contributed by atoms with Gasteiger partial charge in [-0.3, -0.25) is 10.1 Å². The van der Waals surface area contributed by atoms with Crippen molar-refractivity contribution in [2.24, 2.45) is 0 Å². The lowest BCUT2D eigenvalue weighted by Crippen LogP contribution is -2.37. The Morgan fingerprint density at radius 2 is 1.90 bits per heavy atom. The normalized spacial score (nSPS) is 9.90. The van der Waals surface area contributed by atoms with Gasteiger partial charge in [-0.25, -0.2) is 9.59 Å². The van der Waals surface area contributed by atoms with Gasteiger partial charge < -0.3 is 15.2 Å². The van der Waals surface area contributed by atoms with Gasteiger partial charge in [-0.2, -0.15) is 0 Å². The van der Waals surface area contributed by atoms with Crippen molar-refractivity contribution in [1.29, 1.82) is 0 Å². The van der Waals surface area contributed by atoms with Gasteiger partial charge in [0.2, 0.25) is 0 Å². The lowest BCUT2D eigenvalue weighted by molar-refractivity contribution is -0.143. The van der Waals surface area contributed by atoms with Gasteiger partial charge in [-0.1, -0.05) is 23.2 Å². The van der Waals surface area contributed by atoms with E-state index in [2.05, 4.69) is 10.1 Å². The summed E-state index contributed by atoms with van der Waals surface area (Å²) in [5.74, 6) is -2.00. The standard InChI is InChI=1S/C11H10Cl2N2O5/c12-6-1-2-8(7(13)3-6)14-11(19)15-9(16)4-20-5-10(17)18/h1-3H,4-5H2,(H,17,18)(H2,14,15,16,19). The predicted octanol–water partition coefficient (Wildman–Crippen LogP) is 1.74. The molecular weight excluding hydrogens is 311 g/mol. The number of carboxylic acids is 1. The van der Waals surface area contributed by atoms with Gasteiger partial charge >= 0.3 is 12.0 Å². The Hall–Kier alpha value is -1.83. The summed E-state index contributed by atoms with van der Waals surface area (Å²) < 4.78 is 4.51. The smallest absolute Gasteiger partial charge is 0.329 e. The van der Waals surface area contributed by atoms with Crippen molar-refractivity contribution in [1.82, 2.24) is 5.32 Å². The van der Waals surface area contributed by atoms with Crippen LogP contribution in [-0.2, 0) is 14.3 Å². The van der Waals surface area contributed by atoms with Gasteiger partial charge in [0.15, 0.2) is 0 Å². The second-order valence-corrected chi connectivity index (χ2v) is 4.36. The fourth-order valence-corrected chi connectivity index (χ4v) is 1.59. The summed E-state index contributed by atoms with van der Waals surface area (Å²) >= 11 is 11.5. The molecule has 0 saturated carbocycles. The van der Waals surface area contributed by atoms with Crippen LogP contribution in [0.4, 0.5) is 10.5 Å². The molecule has 0 fully saturated rings. The van der Waals surface area contributed by atoms with E-state index in [0.29, 0.717) is 5.02 Å². The molecule has 0 heterocycles. The van der Waals surface area contributed by atoms with Gasteiger partial charge in [-0.15, -0.1) is 0 Å². The molecule has 0 aromatic heterocycles. The van der Waals surface area contributed by atoms with Crippen LogP contribution in [0, 0.1) is 0 Å². The van der Waals surface area contributed by atoms with Crippen LogP contribution < -0.4 is 10.6 Å². The van der Waals surface area contributed by atoms with Crippen molar-refractivity contribution in [3.8, 4) is 0 Å². The molecule has 7 nitrogen and oxygen atoms in total. The molecule has 108 valence electrons. The van der Waals surface area contributed by atoms with Gasteiger partial charge in [-0.05, 0) is 18.2 Å². The van der Waals surface area contributed by atoms with Crippen LogP contribution in [0.15, 0.2) is 18.2 Å². The van der Waals surface area contributed by atoms with Crippen molar-refractivity contribution in [3.63, 3.8) is 0 Å². The van der Waals surface area contributed by atoms with Crippen LogP contribution in [0.2, 0.25) is 10.0 Å². The first-order valence-corrected chi connectivity index (χ1v) is 5.99. The highest BCUT2D eigenvalue weighted by Crippen LogP contribution is 2.25. The quantitative estimate of drug-likeness (QED) is 0.766. The van der Waals surface area contributed by atoms with Crippen LogP contribution in [0.5, 0.6) is 0 Å². The van der Waals surface area contributed by atoms with Gasteiger partial charge in [0.25, 0.3) is 5.91 Å². The predicted molar refractivity (Wildman–Crippen MR) is 72.1 cm³/mol. The highest BCUT2D eigenvalue weighted by molar-refractivity contribution is 6.36. The molecule has 20 heavy (non-hydrogen) atoms. The Bertz CT molecular complexity index is 536. The van der Waals surface area contributed by atoms with Crippen LogP contribution in [0.1, 0.15) is 0 Å². The summed E-state index contributed by atoms with van der Waals surface area (Å²) in [6, 6.07) is 3.59. The molecule has 0 aliphatic carbocycles. The second-order valence-electron chi connectivity index (χ2n) is 3.51. The summed E-state index contributed by atoms with van der Waals surface area (Å²) in [5, 5.41) is 13.2. The maximum atomic E-state index is 11.5. The number of hydrogen-bond donors (Lipinski definition) is 3. The number of benzene rings is 1. The highest BCUT2D eigenvalue weighted by atomic mass is 35.5. The first kappa shape index (κ1) is 16.2. The molecule has 0 radical (unpaired) electrons. The Morgan fingerprint density at radius 3 is 2.50 bits per heavy atom. The van der Waals surface area contributed by atoms with E-state index in [1.807, 2.05) is 5.32 Å². The minimum atomic E-state index is -1.21. The molecule has 1 rings (SSSR count). The third-order valence-corrected chi connectivity index (χ3v) is 2.44. The summed E-state index contributed by atoms with van der Waals surface area (Å²) in [7, 11) is 0. The summed E-state index contributed by atoms with van der Waals surface area (Å²) in [4.78, 5) is 32.8. The zero-order valence-electron chi connectivity index (χ0n) is 9.98. The van der Waals surface area contributed by atoms with E-state index in [0.717, 1.165) is 0 Å². The molecule has 1 aromatic carbocycles. The number of rotatable bonds is 5. The van der Waals surface area contributed by atoms with Crippen molar-refractivity contribution in [2.75, 3.05) is 18.5 Å². The molecule has 1 aromatic rings. The number of ether oxygens (including phenoxy) is 1. The number of aliphatic carboxylic acids is 1. The van der Waals surface area contributed by atoms with E-state index in [4.69, 9.17) is 28.3 Å². The fraction of sp³-hybridized carbons (Fsp3) is 0.182. The Morgan fingerprint density at radius 1 is 1.20 bits per heavy atom. The van der Waals surface area contributed by atoms with Gasteiger partial charge in [0, 0.05) is 5.02 Å². The van der Waals surface area contributed by atoms with Crippen LogP contribution in [0.3, 0.4) is 0 Å². The molecular formula is C11H10Cl2N2O5. The average Bonchev–Trinajstić information content (AvgIpc) is 2.32. The number of carbonyl (C=O) groups excluding carboxylic acids is 2. The number of halogens is 2. The molecule has 0 saturated heterocycles. The van der Waals surface area contributed by atoms with E-state index in [1.54, 1.807) is 0 Å². The summed E-state index contributed by atoms with van der Waals surface area (Å²) in [5.41, 5.74) is 0.271. The minimum Gasteiger partial charge on any atom is -0.480 e. The zero-order valence-corrected chi connectivity index (χ0v) is 11.5. The van der Waals surface area contributed by atoms with Crippen molar-refractivity contribution < 1.29 is 24.2 Å². The van der Waals surface area contributed by atoms with Crippen LogP contribution in [-0.4, -0.2) is 36.2 Å². The number of carbonyl (C=O) groups is 3. The molecule has 0 atom stereocenters. The number of urea groups is 1. The molecule has 0 aliphatic rings. The minimum absolute atomic E-state index is 0.210. The number of amides is 3. The molecule has 0 bridgehead atoms. The van der Waals surface area contributed by atoms with Gasteiger partial charge in [0.05, 0.1) is 10.7 Å². The van der Waals surface area contributed by atoms with Crippen LogP contribution in [0.25, 0.3) is 0 Å². The second kappa shape index (κ2) is 7.68. The number of anilines is 1.